The Hall–Kier alpha value is -2.04. The quantitative estimate of drug-likeness (QED) is 0.837. The van der Waals surface area contributed by atoms with Gasteiger partial charge in [0.15, 0.2) is 0 Å². The van der Waals surface area contributed by atoms with E-state index < -0.39 is 23.6 Å². The zero-order valence-electron chi connectivity index (χ0n) is 14.2. The van der Waals surface area contributed by atoms with Gasteiger partial charge >= 0.3 is 12.0 Å². The van der Waals surface area contributed by atoms with Gasteiger partial charge < -0.3 is 15.4 Å². The molecule has 0 aliphatic rings. The molecule has 0 heterocycles. The van der Waals surface area contributed by atoms with Gasteiger partial charge in [-0.3, -0.25) is 0 Å². The van der Waals surface area contributed by atoms with Crippen LogP contribution in [0.25, 0.3) is 0 Å². The first-order valence-electron chi connectivity index (χ1n) is 7.45. The van der Waals surface area contributed by atoms with Gasteiger partial charge in [-0.2, -0.15) is 0 Å². The highest BCUT2D eigenvalue weighted by Crippen LogP contribution is 2.13. The number of amides is 2. The Bertz CT molecular complexity index is 516. The fourth-order valence-electron chi connectivity index (χ4n) is 1.81. The molecule has 0 spiro atoms. The van der Waals surface area contributed by atoms with E-state index in [9.17, 15) is 9.59 Å². The lowest BCUT2D eigenvalue weighted by atomic mass is 10.0. The van der Waals surface area contributed by atoms with Crippen LogP contribution in [0.2, 0.25) is 0 Å². The molecule has 0 bridgehead atoms. The van der Waals surface area contributed by atoms with Crippen molar-refractivity contribution < 1.29 is 14.3 Å². The molecule has 1 atom stereocenters. The third-order valence-electron chi connectivity index (χ3n) is 2.92. The number of esters is 1. The van der Waals surface area contributed by atoms with E-state index in [-0.39, 0.29) is 5.92 Å². The highest BCUT2D eigenvalue weighted by molar-refractivity contribution is 5.92. The second-order valence-corrected chi connectivity index (χ2v) is 6.72. The Balaban J connectivity index is 2.68. The maximum Gasteiger partial charge on any atom is 0.329 e. The second kappa shape index (κ2) is 7.29. The average Bonchev–Trinajstić information content (AvgIpc) is 2.36. The summed E-state index contributed by atoms with van der Waals surface area (Å²) >= 11 is 0. The summed E-state index contributed by atoms with van der Waals surface area (Å²) in [4.78, 5) is 24.2. The van der Waals surface area contributed by atoms with Crippen molar-refractivity contribution in [2.75, 3.05) is 5.32 Å². The van der Waals surface area contributed by atoms with Crippen LogP contribution < -0.4 is 10.6 Å². The summed E-state index contributed by atoms with van der Waals surface area (Å²) in [6.07, 6.45) is 0. The molecule has 1 rings (SSSR count). The molecule has 0 saturated heterocycles. The lowest BCUT2D eigenvalue weighted by molar-refractivity contribution is -0.158. The fourth-order valence-corrected chi connectivity index (χ4v) is 1.81. The van der Waals surface area contributed by atoms with Crippen LogP contribution >= 0.6 is 0 Å². The Kier molecular flexibility index (Phi) is 5.97. The van der Waals surface area contributed by atoms with Crippen molar-refractivity contribution in [1.82, 2.24) is 5.32 Å². The maximum atomic E-state index is 12.2. The summed E-state index contributed by atoms with van der Waals surface area (Å²) in [6, 6.07) is 6.32. The van der Waals surface area contributed by atoms with E-state index in [1.54, 1.807) is 20.8 Å². The molecule has 2 N–H and O–H groups in total. The van der Waals surface area contributed by atoms with Gasteiger partial charge in [-0.05, 0) is 45.7 Å². The van der Waals surface area contributed by atoms with Gasteiger partial charge in [0.05, 0.1) is 0 Å². The van der Waals surface area contributed by atoms with Crippen LogP contribution in [0.15, 0.2) is 24.3 Å². The zero-order chi connectivity index (χ0) is 16.9. The summed E-state index contributed by atoms with van der Waals surface area (Å²) in [5, 5.41) is 5.39. The average molecular weight is 306 g/mol. The predicted molar refractivity (Wildman–Crippen MR) is 87.8 cm³/mol. The van der Waals surface area contributed by atoms with Gasteiger partial charge in [-0.25, -0.2) is 9.59 Å². The normalized spacial score (nSPS) is 12.7. The van der Waals surface area contributed by atoms with E-state index in [2.05, 4.69) is 10.6 Å². The molecule has 122 valence electrons. The van der Waals surface area contributed by atoms with Gasteiger partial charge in [-0.1, -0.05) is 31.5 Å². The van der Waals surface area contributed by atoms with Crippen LogP contribution in [0.3, 0.4) is 0 Å². The molecule has 0 unspecified atom stereocenters. The highest BCUT2D eigenvalue weighted by atomic mass is 16.6. The third kappa shape index (κ3) is 6.16. The number of anilines is 1. The van der Waals surface area contributed by atoms with Crippen LogP contribution in [0.4, 0.5) is 10.5 Å². The fraction of sp³-hybridized carbons (Fsp3) is 0.529. The summed E-state index contributed by atoms with van der Waals surface area (Å²) in [6.45, 7) is 11.1. The molecule has 5 heteroatoms. The SMILES string of the molecule is Cc1ccc(NC(=O)N[C@H](C(=O)OC(C)(C)C)C(C)C)cc1. The number of nitrogens with one attached hydrogen (secondary N) is 2. The number of hydrogen-bond donors (Lipinski definition) is 2. The molecular weight excluding hydrogens is 280 g/mol. The van der Waals surface area contributed by atoms with Crippen LogP contribution in [0.1, 0.15) is 40.2 Å². The van der Waals surface area contributed by atoms with Crippen molar-refractivity contribution in [2.45, 2.75) is 53.2 Å². The van der Waals surface area contributed by atoms with Crippen LogP contribution in [-0.4, -0.2) is 23.6 Å². The molecule has 1 aromatic carbocycles. The number of urea groups is 1. The molecule has 0 aliphatic carbocycles. The lowest BCUT2D eigenvalue weighted by Gasteiger charge is -2.26. The molecule has 0 fully saturated rings. The summed E-state index contributed by atoms with van der Waals surface area (Å²) < 4.78 is 5.35. The minimum absolute atomic E-state index is 0.0707. The van der Waals surface area contributed by atoms with Crippen LogP contribution in [0, 0.1) is 12.8 Å². The molecule has 0 radical (unpaired) electrons. The Morgan fingerprint density at radius 1 is 1.09 bits per heavy atom. The number of benzene rings is 1. The van der Waals surface area contributed by atoms with Crippen molar-refractivity contribution in [3.05, 3.63) is 29.8 Å². The molecule has 2 amide bonds. The second-order valence-electron chi connectivity index (χ2n) is 6.72. The highest BCUT2D eigenvalue weighted by Gasteiger charge is 2.29. The van der Waals surface area contributed by atoms with Crippen molar-refractivity contribution >= 4 is 17.7 Å². The number of carbonyl (C=O) groups is 2. The number of aryl methyl sites for hydroxylation is 1. The summed E-state index contributed by atoms with van der Waals surface area (Å²) in [5.74, 6) is -0.500. The minimum atomic E-state index is -0.690. The van der Waals surface area contributed by atoms with E-state index in [0.717, 1.165) is 5.56 Å². The van der Waals surface area contributed by atoms with Gasteiger partial charge in [0.1, 0.15) is 11.6 Å². The van der Waals surface area contributed by atoms with Gasteiger partial charge in [0.2, 0.25) is 0 Å². The first kappa shape index (κ1) is 18.0. The molecular formula is C17H26N2O3. The first-order valence-corrected chi connectivity index (χ1v) is 7.45. The Morgan fingerprint density at radius 3 is 2.09 bits per heavy atom. The third-order valence-corrected chi connectivity index (χ3v) is 2.92. The van der Waals surface area contributed by atoms with Gasteiger partial charge in [-0.15, -0.1) is 0 Å². The van der Waals surface area contributed by atoms with Crippen molar-refractivity contribution in [3.8, 4) is 0 Å². The largest absolute Gasteiger partial charge is 0.458 e. The van der Waals surface area contributed by atoms with Crippen LogP contribution in [-0.2, 0) is 9.53 Å². The number of carbonyl (C=O) groups excluding carboxylic acids is 2. The van der Waals surface area contributed by atoms with Gasteiger partial charge in [0.25, 0.3) is 0 Å². The number of ether oxygens (including phenoxy) is 1. The Labute approximate surface area is 132 Å². The van der Waals surface area contributed by atoms with E-state index in [1.807, 2.05) is 45.0 Å². The van der Waals surface area contributed by atoms with Crippen LogP contribution in [0.5, 0.6) is 0 Å². The van der Waals surface area contributed by atoms with E-state index in [4.69, 9.17) is 4.74 Å². The number of rotatable bonds is 4. The molecule has 1 aromatic rings. The molecule has 22 heavy (non-hydrogen) atoms. The zero-order valence-corrected chi connectivity index (χ0v) is 14.2. The standard InChI is InChI=1S/C17H26N2O3/c1-11(2)14(15(20)22-17(4,5)6)19-16(21)18-13-9-7-12(3)8-10-13/h7-11,14H,1-6H3,(H2,18,19,21)/t14-/m0/s1. The van der Waals surface area contributed by atoms with Crippen molar-refractivity contribution in [2.24, 2.45) is 5.92 Å². The molecule has 0 aliphatic heterocycles. The maximum absolute atomic E-state index is 12.2. The van der Waals surface area contributed by atoms with E-state index in [0.29, 0.717) is 5.69 Å². The molecule has 0 aromatic heterocycles. The molecule has 5 nitrogen and oxygen atoms in total. The minimum Gasteiger partial charge on any atom is -0.458 e. The summed E-state index contributed by atoms with van der Waals surface area (Å²) in [5.41, 5.74) is 1.20. The monoisotopic (exact) mass is 306 g/mol. The lowest BCUT2D eigenvalue weighted by Crippen LogP contribution is -2.48. The summed E-state index contributed by atoms with van der Waals surface area (Å²) in [7, 11) is 0. The van der Waals surface area contributed by atoms with E-state index >= 15 is 0 Å². The number of hydrogen-bond acceptors (Lipinski definition) is 3. The Morgan fingerprint density at radius 2 is 1.64 bits per heavy atom. The van der Waals surface area contributed by atoms with Crippen molar-refractivity contribution in [1.29, 1.82) is 0 Å². The van der Waals surface area contributed by atoms with Gasteiger partial charge in [0, 0.05) is 5.69 Å². The predicted octanol–water partition coefficient (Wildman–Crippen LogP) is 3.48. The topological polar surface area (TPSA) is 67.4 Å². The first-order chi connectivity index (χ1) is 10.1. The van der Waals surface area contributed by atoms with E-state index in [1.165, 1.54) is 0 Å². The smallest absolute Gasteiger partial charge is 0.329 e. The molecule has 0 saturated carbocycles. The van der Waals surface area contributed by atoms with Crippen molar-refractivity contribution in [3.63, 3.8) is 0 Å².